The second-order valence-electron chi connectivity index (χ2n) is 22.0. The highest BCUT2D eigenvalue weighted by Gasteiger charge is 2.31. The minimum absolute atomic E-state index is 0.837. The van der Waals surface area contributed by atoms with Gasteiger partial charge in [-0.1, -0.05) is 297 Å². The fourth-order valence-electron chi connectivity index (χ4n) is 12.6. The lowest BCUT2D eigenvalue weighted by molar-refractivity contribution is 1.08. The quantitative estimate of drug-likeness (QED) is 0.109. The fraction of sp³-hybridized carbons (Fsp3) is 0. The van der Waals surface area contributed by atoms with Crippen LogP contribution in [0, 0.1) is 0 Å². The third-order valence-corrected chi connectivity index (χ3v) is 16.5. The molecule has 88 heavy (non-hydrogen) atoms. The molecule has 0 bridgehead atoms. The van der Waals surface area contributed by atoms with Crippen molar-refractivity contribution in [3.8, 4) is 146 Å². The summed E-state index contributed by atoms with van der Waals surface area (Å²) in [5.41, 5.74) is 26.9. The van der Waals surface area contributed by atoms with Crippen LogP contribution >= 0.6 is 0 Å². The van der Waals surface area contributed by atoms with E-state index in [2.05, 4.69) is 361 Å². The smallest absolute Gasteiger partial charge is 0.0890 e. The molecule has 11 aromatic carbocycles. The van der Waals surface area contributed by atoms with Crippen LogP contribution < -0.4 is 0 Å². The molecule has 414 valence electrons. The number of nitrogens with zero attached hydrogens (tertiary/aromatic N) is 4. The van der Waals surface area contributed by atoms with Crippen LogP contribution in [0.5, 0.6) is 0 Å². The first-order valence-electron chi connectivity index (χ1n) is 30.0. The highest BCUT2D eigenvalue weighted by molar-refractivity contribution is 6.05. The van der Waals surface area contributed by atoms with Crippen LogP contribution in [0.25, 0.3) is 146 Å². The van der Waals surface area contributed by atoms with Crippen molar-refractivity contribution in [1.82, 2.24) is 19.1 Å². The molecule has 4 aromatic heterocycles. The molecule has 0 saturated heterocycles. The number of aromatic nitrogens is 4. The number of pyridine rings is 2. The summed E-state index contributed by atoms with van der Waals surface area (Å²) in [6.45, 7) is 0. The molecular weight excluding hydrogens is 1060 g/mol. The molecule has 0 N–H and O–H groups in total. The molecule has 0 spiro atoms. The normalized spacial score (nSPS) is 11.2. The van der Waals surface area contributed by atoms with E-state index in [0.29, 0.717) is 0 Å². The van der Waals surface area contributed by atoms with Gasteiger partial charge in [-0.25, -0.2) is 9.97 Å². The molecule has 15 rings (SSSR count). The Bertz CT molecular complexity index is 4360. The highest BCUT2D eigenvalue weighted by Crippen LogP contribution is 2.52. The van der Waals surface area contributed by atoms with Crippen molar-refractivity contribution in [3.05, 3.63) is 352 Å². The maximum atomic E-state index is 5.89. The number of hydrogen-bond acceptors (Lipinski definition) is 2. The minimum Gasteiger partial charge on any atom is -0.306 e. The third kappa shape index (κ3) is 10.1. The predicted molar refractivity (Wildman–Crippen MR) is 366 cm³/mol. The lowest BCUT2D eigenvalue weighted by Gasteiger charge is -2.18. The van der Waals surface area contributed by atoms with Crippen LogP contribution in [0.15, 0.2) is 352 Å². The summed E-state index contributed by atoms with van der Waals surface area (Å²) >= 11 is 0. The molecule has 0 atom stereocenters. The van der Waals surface area contributed by atoms with Crippen LogP contribution in [0.3, 0.4) is 0 Å². The molecule has 0 aliphatic heterocycles. The zero-order valence-electron chi connectivity index (χ0n) is 48.3. The summed E-state index contributed by atoms with van der Waals surface area (Å²) in [5, 5.41) is 0. The molecule has 0 aliphatic rings. The first kappa shape index (κ1) is 53.0. The maximum absolute atomic E-state index is 5.89. The molecule has 0 fully saturated rings. The van der Waals surface area contributed by atoms with E-state index in [0.717, 1.165) is 146 Å². The Morgan fingerprint density at radius 2 is 0.386 bits per heavy atom. The summed E-state index contributed by atoms with van der Waals surface area (Å²) in [6, 6.07) is 126. The van der Waals surface area contributed by atoms with Gasteiger partial charge in [-0.3, -0.25) is 0 Å². The Morgan fingerprint density at radius 1 is 0.159 bits per heavy atom. The lowest BCUT2D eigenvalue weighted by atomic mass is 9.91. The van der Waals surface area contributed by atoms with Gasteiger partial charge in [0.15, 0.2) is 0 Å². The van der Waals surface area contributed by atoms with Gasteiger partial charge in [0.1, 0.15) is 0 Å². The van der Waals surface area contributed by atoms with Gasteiger partial charge in [0, 0.05) is 44.8 Å². The Kier molecular flexibility index (Phi) is 14.3. The van der Waals surface area contributed by atoms with Crippen LogP contribution in [-0.2, 0) is 0 Å². The van der Waals surface area contributed by atoms with Gasteiger partial charge >= 0.3 is 0 Å². The number of rotatable bonds is 14. The summed E-state index contributed by atoms with van der Waals surface area (Å²) < 4.78 is 4.89. The maximum Gasteiger partial charge on any atom is 0.0890 e. The van der Waals surface area contributed by atoms with E-state index in [4.69, 9.17) is 9.97 Å². The predicted octanol–water partition coefficient (Wildman–Crippen LogP) is 22.1. The zero-order chi connectivity index (χ0) is 58.6. The summed E-state index contributed by atoms with van der Waals surface area (Å²) in [4.78, 5) is 11.8. The van der Waals surface area contributed by atoms with E-state index in [-0.39, 0.29) is 0 Å². The largest absolute Gasteiger partial charge is 0.306 e. The van der Waals surface area contributed by atoms with E-state index in [9.17, 15) is 0 Å². The molecule has 15 aromatic rings. The topological polar surface area (TPSA) is 35.6 Å². The van der Waals surface area contributed by atoms with Crippen molar-refractivity contribution in [1.29, 1.82) is 0 Å². The molecule has 4 heterocycles. The first-order chi connectivity index (χ1) is 43.7. The fourth-order valence-corrected chi connectivity index (χ4v) is 12.6. The highest BCUT2D eigenvalue weighted by atomic mass is 15.0. The van der Waals surface area contributed by atoms with Crippen LogP contribution in [0.4, 0.5) is 0 Å². The van der Waals surface area contributed by atoms with E-state index < -0.39 is 0 Å². The third-order valence-electron chi connectivity index (χ3n) is 16.5. The average Bonchev–Trinajstić information content (AvgIpc) is 1.71. The Balaban J connectivity index is 1.00. The Morgan fingerprint density at radius 3 is 0.682 bits per heavy atom. The second kappa shape index (κ2) is 23.7. The van der Waals surface area contributed by atoms with Crippen LogP contribution in [0.1, 0.15) is 0 Å². The molecule has 4 nitrogen and oxygen atoms in total. The standard InChI is InChI=1S/C84H58N4/c1-11-32-59(33-12-1)69-55-73(85-75(57-69)83-79(63-40-19-5-20-41-63)77(61-36-15-3-16-37-61)81(65-44-23-7-24-45-65)87(83)71-50-27-9-28-51-71)67-48-31-49-68(54-67)74-56-70(60-34-13-2-14-35-60)58-76(86-74)84-80(64-42-21-6-22-43-64)78(62-38-17-4-18-39-62)82(66-46-25-8-26-47-66)88(84)72-52-29-10-30-53-72/h1-58H. The second-order valence-corrected chi connectivity index (χ2v) is 22.0. The van der Waals surface area contributed by atoms with Crippen molar-refractivity contribution >= 4 is 0 Å². The van der Waals surface area contributed by atoms with Crippen molar-refractivity contribution in [3.63, 3.8) is 0 Å². The van der Waals surface area contributed by atoms with Gasteiger partial charge < -0.3 is 9.13 Å². The Labute approximate surface area is 514 Å². The van der Waals surface area contributed by atoms with Gasteiger partial charge in [0.2, 0.25) is 0 Å². The van der Waals surface area contributed by atoms with Gasteiger partial charge in [-0.15, -0.1) is 0 Å². The molecular formula is C84H58N4. The van der Waals surface area contributed by atoms with Gasteiger partial charge in [-0.05, 0) is 110 Å². The first-order valence-corrected chi connectivity index (χ1v) is 30.0. The molecule has 0 radical (unpaired) electrons. The van der Waals surface area contributed by atoms with Crippen LogP contribution in [-0.4, -0.2) is 19.1 Å². The van der Waals surface area contributed by atoms with Crippen molar-refractivity contribution in [2.45, 2.75) is 0 Å². The van der Waals surface area contributed by atoms with Crippen molar-refractivity contribution in [2.75, 3.05) is 0 Å². The summed E-state index contributed by atoms with van der Waals surface area (Å²) in [7, 11) is 0. The molecule has 0 saturated carbocycles. The van der Waals surface area contributed by atoms with Gasteiger partial charge in [0.05, 0.1) is 45.6 Å². The average molecular weight is 1120 g/mol. The van der Waals surface area contributed by atoms with E-state index in [1.54, 1.807) is 0 Å². The zero-order valence-corrected chi connectivity index (χ0v) is 48.3. The molecule has 0 unspecified atom stereocenters. The SMILES string of the molecule is c1ccc(-c2cc(-c3cccc(-c4cc(-c5ccccc5)cc(-c5c(-c6ccccc6)c(-c6ccccc6)c(-c6ccccc6)n5-c5ccccc5)n4)c3)nc(-c3c(-c4ccccc4)c(-c4ccccc4)c(-c4ccccc4)n3-c3ccccc3)c2)cc1. The summed E-state index contributed by atoms with van der Waals surface area (Å²) in [6.07, 6.45) is 0. The Hall–Kier alpha value is -11.7. The van der Waals surface area contributed by atoms with E-state index >= 15 is 0 Å². The molecule has 0 aliphatic carbocycles. The van der Waals surface area contributed by atoms with E-state index in [1.165, 1.54) is 0 Å². The van der Waals surface area contributed by atoms with Crippen LogP contribution in [0.2, 0.25) is 0 Å². The van der Waals surface area contributed by atoms with Gasteiger partial charge in [-0.2, -0.15) is 0 Å². The number of benzene rings is 11. The lowest BCUT2D eigenvalue weighted by Crippen LogP contribution is -2.02. The summed E-state index contributed by atoms with van der Waals surface area (Å²) in [5.74, 6) is 0. The van der Waals surface area contributed by atoms with Gasteiger partial charge in [0.25, 0.3) is 0 Å². The molecule has 0 amide bonds. The minimum atomic E-state index is 0.837. The number of para-hydroxylation sites is 2. The van der Waals surface area contributed by atoms with Crippen molar-refractivity contribution in [2.24, 2.45) is 0 Å². The molecule has 4 heteroatoms. The van der Waals surface area contributed by atoms with Crippen molar-refractivity contribution < 1.29 is 0 Å². The monoisotopic (exact) mass is 1120 g/mol. The van der Waals surface area contributed by atoms with E-state index in [1.807, 2.05) is 0 Å². The number of hydrogen-bond donors (Lipinski definition) is 0.